The number of thiophene rings is 1. The molecule has 0 radical (unpaired) electrons. The van der Waals surface area contributed by atoms with Gasteiger partial charge in [0.25, 0.3) is 5.91 Å². The molecule has 0 saturated carbocycles. The second kappa shape index (κ2) is 7.75. The van der Waals surface area contributed by atoms with Gasteiger partial charge in [0.1, 0.15) is 0 Å². The molecule has 0 bridgehead atoms. The summed E-state index contributed by atoms with van der Waals surface area (Å²) in [6.07, 6.45) is -0.249. The quantitative estimate of drug-likeness (QED) is 0.833. The standard InChI is InChI=1S/C17H19NO3S/c1-12-8-14(11-22-12)10-16(19)21-15(17(20)18-2)9-13-6-4-3-5-7-13/h3-8,11,15H,9-10H2,1-2H3,(H,18,20). The van der Waals surface area contributed by atoms with Gasteiger partial charge in [-0.3, -0.25) is 9.59 Å². The van der Waals surface area contributed by atoms with Gasteiger partial charge in [0.05, 0.1) is 6.42 Å². The first-order chi connectivity index (χ1) is 10.6. The summed E-state index contributed by atoms with van der Waals surface area (Å²) in [6.45, 7) is 1.99. The average Bonchev–Trinajstić information content (AvgIpc) is 2.91. The SMILES string of the molecule is CNC(=O)C(Cc1ccccc1)OC(=O)Cc1csc(C)c1. The highest BCUT2D eigenvalue weighted by molar-refractivity contribution is 7.10. The normalized spacial score (nSPS) is 11.7. The largest absolute Gasteiger partial charge is 0.452 e. The lowest BCUT2D eigenvalue weighted by Crippen LogP contribution is -2.37. The molecule has 0 aliphatic heterocycles. The lowest BCUT2D eigenvalue weighted by Gasteiger charge is -2.16. The first-order valence-electron chi connectivity index (χ1n) is 7.07. The minimum Gasteiger partial charge on any atom is -0.452 e. The van der Waals surface area contributed by atoms with E-state index in [2.05, 4.69) is 5.32 Å². The number of hydrogen-bond donors (Lipinski definition) is 1. The Bertz CT molecular complexity index is 636. The average molecular weight is 317 g/mol. The fraction of sp³-hybridized carbons (Fsp3) is 0.294. The number of esters is 1. The maximum absolute atomic E-state index is 12.0. The van der Waals surface area contributed by atoms with E-state index >= 15 is 0 Å². The van der Waals surface area contributed by atoms with Crippen LogP contribution < -0.4 is 5.32 Å². The lowest BCUT2D eigenvalue weighted by atomic mass is 10.1. The van der Waals surface area contributed by atoms with Crippen molar-refractivity contribution in [1.29, 1.82) is 0 Å². The van der Waals surface area contributed by atoms with E-state index in [0.717, 1.165) is 16.0 Å². The molecule has 1 N–H and O–H groups in total. The molecule has 0 saturated heterocycles. The van der Waals surface area contributed by atoms with Crippen molar-refractivity contribution >= 4 is 23.2 Å². The van der Waals surface area contributed by atoms with Crippen LogP contribution in [0.15, 0.2) is 41.8 Å². The minimum absolute atomic E-state index is 0.187. The molecule has 1 unspecified atom stereocenters. The van der Waals surface area contributed by atoms with Crippen LogP contribution in [-0.2, 0) is 27.2 Å². The van der Waals surface area contributed by atoms with E-state index in [4.69, 9.17) is 4.74 Å². The molecule has 0 aliphatic rings. The molecule has 1 atom stereocenters. The number of hydrogen-bond acceptors (Lipinski definition) is 4. The topological polar surface area (TPSA) is 55.4 Å². The van der Waals surface area contributed by atoms with Crippen molar-refractivity contribution in [3.63, 3.8) is 0 Å². The predicted molar refractivity (Wildman–Crippen MR) is 86.9 cm³/mol. The van der Waals surface area contributed by atoms with Crippen molar-refractivity contribution in [3.05, 3.63) is 57.8 Å². The molecule has 0 fully saturated rings. The molecule has 2 rings (SSSR count). The van der Waals surface area contributed by atoms with E-state index in [1.54, 1.807) is 11.3 Å². The predicted octanol–water partition coefficient (Wildman–Crippen LogP) is 2.50. The summed E-state index contributed by atoms with van der Waals surface area (Å²) < 4.78 is 5.37. The van der Waals surface area contributed by atoms with Gasteiger partial charge < -0.3 is 10.1 Å². The van der Waals surface area contributed by atoms with Crippen molar-refractivity contribution in [1.82, 2.24) is 5.32 Å². The van der Waals surface area contributed by atoms with Crippen LogP contribution in [0.1, 0.15) is 16.0 Å². The number of rotatable bonds is 6. The van der Waals surface area contributed by atoms with E-state index in [9.17, 15) is 9.59 Å². The Kier molecular flexibility index (Phi) is 5.72. The summed E-state index contributed by atoms with van der Waals surface area (Å²) in [6, 6.07) is 11.5. The number of amides is 1. The van der Waals surface area contributed by atoms with Crippen molar-refractivity contribution in [3.8, 4) is 0 Å². The minimum atomic E-state index is -0.806. The molecular weight excluding hydrogens is 298 g/mol. The summed E-state index contributed by atoms with van der Waals surface area (Å²) in [5.41, 5.74) is 1.87. The molecule has 1 aromatic heterocycles. The molecular formula is C17H19NO3S. The van der Waals surface area contributed by atoms with Gasteiger partial charge in [-0.1, -0.05) is 30.3 Å². The summed E-state index contributed by atoms with van der Waals surface area (Å²) in [5.74, 6) is -0.680. The van der Waals surface area contributed by atoms with E-state index in [1.165, 1.54) is 7.05 Å². The van der Waals surface area contributed by atoms with Crippen LogP contribution in [0.3, 0.4) is 0 Å². The maximum atomic E-state index is 12.0. The zero-order valence-electron chi connectivity index (χ0n) is 12.7. The van der Waals surface area contributed by atoms with Crippen LogP contribution in [0.5, 0.6) is 0 Å². The van der Waals surface area contributed by atoms with Gasteiger partial charge in [-0.2, -0.15) is 0 Å². The van der Waals surface area contributed by atoms with Crippen LogP contribution in [0.4, 0.5) is 0 Å². The highest BCUT2D eigenvalue weighted by atomic mass is 32.1. The zero-order valence-corrected chi connectivity index (χ0v) is 13.5. The number of carbonyl (C=O) groups is 2. The third-order valence-corrected chi connectivity index (χ3v) is 4.12. The van der Waals surface area contributed by atoms with Crippen molar-refractivity contribution in [2.75, 3.05) is 7.05 Å². The van der Waals surface area contributed by atoms with Gasteiger partial charge in [0.2, 0.25) is 0 Å². The van der Waals surface area contributed by atoms with Gasteiger partial charge in [-0.05, 0) is 29.5 Å². The monoisotopic (exact) mass is 317 g/mol. The van der Waals surface area contributed by atoms with Crippen molar-refractivity contribution in [2.45, 2.75) is 25.9 Å². The fourth-order valence-electron chi connectivity index (χ4n) is 2.13. The Labute approximate surface area is 134 Å². The Morgan fingerprint density at radius 1 is 1.23 bits per heavy atom. The molecule has 1 heterocycles. The molecule has 22 heavy (non-hydrogen) atoms. The van der Waals surface area contributed by atoms with Crippen molar-refractivity contribution < 1.29 is 14.3 Å². The van der Waals surface area contributed by atoms with E-state index < -0.39 is 6.10 Å². The summed E-state index contributed by atoms with van der Waals surface area (Å²) in [5, 5.41) is 4.48. The van der Waals surface area contributed by atoms with E-state index in [-0.39, 0.29) is 18.3 Å². The number of aryl methyl sites for hydroxylation is 1. The van der Waals surface area contributed by atoms with Gasteiger partial charge in [0, 0.05) is 18.3 Å². The lowest BCUT2D eigenvalue weighted by molar-refractivity contribution is -0.155. The Hall–Kier alpha value is -2.14. The van der Waals surface area contributed by atoms with Crippen molar-refractivity contribution in [2.24, 2.45) is 0 Å². The van der Waals surface area contributed by atoms with Crippen LogP contribution in [0.2, 0.25) is 0 Å². The third kappa shape index (κ3) is 4.70. The Morgan fingerprint density at radius 2 is 1.95 bits per heavy atom. The first kappa shape index (κ1) is 16.2. The molecule has 5 heteroatoms. The number of likely N-dealkylation sites (N-methyl/N-ethyl adjacent to an activating group) is 1. The third-order valence-electron chi connectivity index (χ3n) is 3.21. The van der Waals surface area contributed by atoms with Crippen LogP contribution in [-0.4, -0.2) is 25.0 Å². The van der Waals surface area contributed by atoms with Gasteiger partial charge in [-0.25, -0.2) is 0 Å². The van der Waals surface area contributed by atoms with Crippen LogP contribution >= 0.6 is 11.3 Å². The molecule has 4 nitrogen and oxygen atoms in total. The van der Waals surface area contributed by atoms with Crippen LogP contribution in [0, 0.1) is 6.92 Å². The molecule has 0 aliphatic carbocycles. The molecule has 116 valence electrons. The number of nitrogens with one attached hydrogen (secondary N) is 1. The van der Waals surface area contributed by atoms with E-state index in [1.807, 2.05) is 48.7 Å². The van der Waals surface area contributed by atoms with E-state index in [0.29, 0.717) is 6.42 Å². The van der Waals surface area contributed by atoms with Crippen LogP contribution in [0.25, 0.3) is 0 Å². The number of ether oxygens (including phenoxy) is 1. The molecule has 2 aromatic rings. The number of carbonyl (C=O) groups excluding carboxylic acids is 2. The molecule has 1 amide bonds. The second-order valence-electron chi connectivity index (χ2n) is 5.02. The smallest absolute Gasteiger partial charge is 0.311 e. The zero-order chi connectivity index (χ0) is 15.9. The first-order valence-corrected chi connectivity index (χ1v) is 7.95. The molecule has 0 spiro atoms. The highest BCUT2D eigenvalue weighted by Gasteiger charge is 2.22. The summed E-state index contributed by atoms with van der Waals surface area (Å²) in [7, 11) is 1.54. The summed E-state index contributed by atoms with van der Waals surface area (Å²) >= 11 is 1.59. The second-order valence-corrected chi connectivity index (χ2v) is 6.14. The van der Waals surface area contributed by atoms with Gasteiger partial charge >= 0.3 is 5.97 Å². The van der Waals surface area contributed by atoms with Gasteiger partial charge in [0.15, 0.2) is 6.10 Å². The summed E-state index contributed by atoms with van der Waals surface area (Å²) in [4.78, 5) is 25.1. The molecule has 1 aromatic carbocycles. The maximum Gasteiger partial charge on any atom is 0.311 e. The highest BCUT2D eigenvalue weighted by Crippen LogP contribution is 2.15. The Morgan fingerprint density at radius 3 is 2.55 bits per heavy atom. The number of benzene rings is 1. The Balaban J connectivity index is 2.00. The van der Waals surface area contributed by atoms with Gasteiger partial charge in [-0.15, -0.1) is 11.3 Å². The fourth-order valence-corrected chi connectivity index (χ4v) is 2.84.